The number of rotatable bonds is 2. The van der Waals surface area contributed by atoms with Gasteiger partial charge >= 0.3 is 5.69 Å². The van der Waals surface area contributed by atoms with Gasteiger partial charge in [0.25, 0.3) is 5.91 Å². The number of imidazole rings is 1. The average Bonchev–Trinajstić information content (AvgIpc) is 2.69. The van der Waals surface area contributed by atoms with Crippen LogP contribution < -0.4 is 11.0 Å². The summed E-state index contributed by atoms with van der Waals surface area (Å²) in [6.07, 6.45) is 1.18. The van der Waals surface area contributed by atoms with Crippen LogP contribution in [0.4, 0.5) is 10.1 Å². The summed E-state index contributed by atoms with van der Waals surface area (Å²) in [5.41, 5.74) is -0.626. The molecule has 1 aromatic heterocycles. The Bertz CT molecular complexity index is 617. The lowest BCUT2D eigenvalue weighted by atomic mass is 10.3. The van der Waals surface area contributed by atoms with Gasteiger partial charge in [0.05, 0.1) is 5.69 Å². The fourth-order valence-electron chi connectivity index (χ4n) is 1.25. The molecule has 2 aromatic rings. The number of hydrogen-bond donors (Lipinski definition) is 4. The van der Waals surface area contributed by atoms with Crippen molar-refractivity contribution in [1.82, 2.24) is 9.97 Å². The lowest BCUT2D eigenvalue weighted by molar-refractivity contribution is 0.102. The second-order valence-corrected chi connectivity index (χ2v) is 3.27. The van der Waals surface area contributed by atoms with Crippen molar-refractivity contribution >= 4 is 11.6 Å². The standard InChI is InChI=1S/C10H8FN3O3/c11-6-3-5(15)1-2-7(6)13-9(16)8-4-12-10(17)14-8/h1-4,15H,(H,13,16)(H2,12,14,17). The van der Waals surface area contributed by atoms with E-state index in [1.54, 1.807) is 0 Å². The molecular formula is C10H8FN3O3. The first-order valence-electron chi connectivity index (χ1n) is 4.64. The van der Waals surface area contributed by atoms with Crippen molar-refractivity contribution in [3.05, 3.63) is 46.4 Å². The maximum atomic E-state index is 13.3. The third-order valence-electron chi connectivity index (χ3n) is 2.04. The van der Waals surface area contributed by atoms with Crippen molar-refractivity contribution in [3.8, 4) is 5.75 Å². The number of carbonyl (C=O) groups excluding carboxylic acids is 1. The molecule has 88 valence electrons. The van der Waals surface area contributed by atoms with E-state index in [0.29, 0.717) is 0 Å². The Kier molecular flexibility index (Phi) is 2.65. The number of aromatic nitrogens is 2. The van der Waals surface area contributed by atoms with Gasteiger partial charge in [-0.15, -0.1) is 0 Å². The molecule has 7 heteroatoms. The third kappa shape index (κ3) is 2.33. The molecule has 4 N–H and O–H groups in total. The molecule has 6 nitrogen and oxygen atoms in total. The van der Waals surface area contributed by atoms with Gasteiger partial charge in [-0.25, -0.2) is 9.18 Å². The van der Waals surface area contributed by atoms with E-state index in [2.05, 4.69) is 15.3 Å². The molecule has 2 rings (SSSR count). The molecule has 0 aliphatic heterocycles. The number of anilines is 1. The largest absolute Gasteiger partial charge is 0.508 e. The van der Waals surface area contributed by atoms with Crippen LogP contribution in [-0.4, -0.2) is 21.0 Å². The van der Waals surface area contributed by atoms with Crippen molar-refractivity contribution in [2.75, 3.05) is 5.32 Å². The fraction of sp³-hybridized carbons (Fsp3) is 0. The van der Waals surface area contributed by atoms with E-state index in [1.165, 1.54) is 18.3 Å². The second-order valence-electron chi connectivity index (χ2n) is 3.27. The van der Waals surface area contributed by atoms with Crippen LogP contribution >= 0.6 is 0 Å². The van der Waals surface area contributed by atoms with E-state index in [9.17, 15) is 14.0 Å². The van der Waals surface area contributed by atoms with Crippen LogP contribution in [0.2, 0.25) is 0 Å². The number of phenolic OH excluding ortho intramolecular Hbond substituents is 1. The molecule has 0 fully saturated rings. The lowest BCUT2D eigenvalue weighted by Gasteiger charge is -2.04. The molecule has 0 bridgehead atoms. The molecule has 0 unspecified atom stereocenters. The summed E-state index contributed by atoms with van der Waals surface area (Å²) in [5, 5.41) is 11.2. The third-order valence-corrected chi connectivity index (χ3v) is 2.04. The summed E-state index contributed by atoms with van der Waals surface area (Å²) in [6, 6.07) is 3.32. The van der Waals surface area contributed by atoms with Crippen LogP contribution in [0.1, 0.15) is 10.5 Å². The van der Waals surface area contributed by atoms with Crippen LogP contribution in [0.15, 0.2) is 29.2 Å². The minimum Gasteiger partial charge on any atom is -0.508 e. The van der Waals surface area contributed by atoms with Crippen LogP contribution in [0.25, 0.3) is 0 Å². The van der Waals surface area contributed by atoms with Crippen molar-refractivity contribution in [1.29, 1.82) is 0 Å². The maximum Gasteiger partial charge on any atom is 0.323 e. The quantitative estimate of drug-likeness (QED) is 0.581. The highest BCUT2D eigenvalue weighted by Gasteiger charge is 2.11. The first-order valence-corrected chi connectivity index (χ1v) is 4.64. The molecule has 0 saturated carbocycles. The number of halogens is 1. The first-order chi connectivity index (χ1) is 8.06. The molecule has 0 aliphatic rings. The molecular weight excluding hydrogens is 229 g/mol. The highest BCUT2D eigenvalue weighted by atomic mass is 19.1. The number of aromatic amines is 2. The second kappa shape index (κ2) is 4.12. The normalized spacial score (nSPS) is 10.2. The van der Waals surface area contributed by atoms with Gasteiger partial charge in [-0.05, 0) is 12.1 Å². The predicted octanol–water partition coefficient (Wildman–Crippen LogP) is 0.800. The first kappa shape index (κ1) is 10.9. The number of H-pyrrole nitrogens is 2. The van der Waals surface area contributed by atoms with Crippen LogP contribution in [0.5, 0.6) is 5.75 Å². The van der Waals surface area contributed by atoms with Gasteiger partial charge < -0.3 is 20.4 Å². The van der Waals surface area contributed by atoms with Gasteiger partial charge in [0.15, 0.2) is 0 Å². The Balaban J connectivity index is 2.21. The van der Waals surface area contributed by atoms with Gasteiger partial charge in [0.1, 0.15) is 17.3 Å². The van der Waals surface area contributed by atoms with Gasteiger partial charge in [-0.3, -0.25) is 4.79 Å². The van der Waals surface area contributed by atoms with E-state index in [1.807, 2.05) is 0 Å². The summed E-state index contributed by atoms with van der Waals surface area (Å²) in [6.45, 7) is 0. The van der Waals surface area contributed by atoms with Crippen molar-refractivity contribution < 1.29 is 14.3 Å². The Morgan fingerprint density at radius 1 is 1.41 bits per heavy atom. The molecule has 0 saturated heterocycles. The molecule has 1 aromatic carbocycles. The Morgan fingerprint density at radius 2 is 2.18 bits per heavy atom. The van der Waals surface area contributed by atoms with Crippen LogP contribution in [0.3, 0.4) is 0 Å². The Labute approximate surface area is 94.1 Å². The van der Waals surface area contributed by atoms with Gasteiger partial charge in [-0.1, -0.05) is 0 Å². The zero-order valence-electron chi connectivity index (χ0n) is 8.45. The van der Waals surface area contributed by atoms with E-state index in [0.717, 1.165) is 6.07 Å². The van der Waals surface area contributed by atoms with Crippen LogP contribution in [0, 0.1) is 5.82 Å². The summed E-state index contributed by atoms with van der Waals surface area (Å²) in [5.74, 6) is -1.67. The predicted molar refractivity (Wildman–Crippen MR) is 57.4 cm³/mol. The zero-order valence-corrected chi connectivity index (χ0v) is 8.45. The van der Waals surface area contributed by atoms with Gasteiger partial charge in [-0.2, -0.15) is 0 Å². The maximum absolute atomic E-state index is 13.3. The minimum atomic E-state index is -0.767. The SMILES string of the molecule is O=C(Nc1ccc(O)cc1F)c1c[nH]c(=O)[nH]1. The summed E-state index contributed by atoms with van der Waals surface area (Å²) < 4.78 is 13.3. The van der Waals surface area contributed by atoms with E-state index in [4.69, 9.17) is 5.11 Å². The fourth-order valence-corrected chi connectivity index (χ4v) is 1.25. The number of phenols is 1. The van der Waals surface area contributed by atoms with Gasteiger partial charge in [0.2, 0.25) is 0 Å². The summed E-state index contributed by atoms with van der Waals surface area (Å²) >= 11 is 0. The molecule has 0 spiro atoms. The Hall–Kier alpha value is -2.57. The number of carbonyl (C=O) groups is 1. The van der Waals surface area contributed by atoms with E-state index in [-0.39, 0.29) is 17.1 Å². The van der Waals surface area contributed by atoms with Gasteiger partial charge in [0, 0.05) is 12.3 Å². The molecule has 0 aliphatic carbocycles. The number of hydrogen-bond acceptors (Lipinski definition) is 3. The summed E-state index contributed by atoms with van der Waals surface area (Å²) in [7, 11) is 0. The monoisotopic (exact) mass is 237 g/mol. The zero-order chi connectivity index (χ0) is 12.4. The average molecular weight is 237 g/mol. The number of amides is 1. The highest BCUT2D eigenvalue weighted by Crippen LogP contribution is 2.19. The number of benzene rings is 1. The minimum absolute atomic E-state index is 0.0116. The summed E-state index contributed by atoms with van der Waals surface area (Å²) in [4.78, 5) is 26.8. The van der Waals surface area contributed by atoms with Crippen LogP contribution in [-0.2, 0) is 0 Å². The molecule has 1 amide bonds. The van der Waals surface area contributed by atoms with E-state index >= 15 is 0 Å². The number of nitrogens with one attached hydrogen (secondary N) is 3. The molecule has 1 heterocycles. The molecule has 0 radical (unpaired) electrons. The van der Waals surface area contributed by atoms with E-state index < -0.39 is 17.4 Å². The highest BCUT2D eigenvalue weighted by molar-refractivity contribution is 6.02. The molecule has 17 heavy (non-hydrogen) atoms. The van der Waals surface area contributed by atoms with Crippen molar-refractivity contribution in [2.24, 2.45) is 0 Å². The smallest absolute Gasteiger partial charge is 0.323 e. The Morgan fingerprint density at radius 3 is 2.76 bits per heavy atom. The molecule has 0 atom stereocenters. The number of aromatic hydroxyl groups is 1. The van der Waals surface area contributed by atoms with Crippen molar-refractivity contribution in [2.45, 2.75) is 0 Å². The van der Waals surface area contributed by atoms with Crippen molar-refractivity contribution in [3.63, 3.8) is 0 Å². The topological polar surface area (TPSA) is 98.0 Å². The lowest BCUT2D eigenvalue weighted by Crippen LogP contribution is -2.14.